The number of thiazole rings is 1. The van der Waals surface area contributed by atoms with Gasteiger partial charge in [-0.1, -0.05) is 0 Å². The van der Waals surface area contributed by atoms with Crippen LogP contribution in [-0.2, 0) is 0 Å². The molecular weight excluding hydrogens is 230 g/mol. The van der Waals surface area contributed by atoms with Gasteiger partial charge < -0.3 is 10.2 Å². The molecule has 0 saturated carbocycles. The van der Waals surface area contributed by atoms with E-state index in [2.05, 4.69) is 48.4 Å². The molecule has 0 spiro atoms. The zero-order valence-corrected chi connectivity index (χ0v) is 12.3. The molecule has 0 amide bonds. The Balaban J connectivity index is 2.05. The molecule has 0 radical (unpaired) electrons. The van der Waals surface area contributed by atoms with Gasteiger partial charge in [0.05, 0.1) is 11.2 Å². The summed E-state index contributed by atoms with van der Waals surface area (Å²) >= 11 is 1.66. The number of hydrogen-bond acceptors (Lipinski definition) is 4. The van der Waals surface area contributed by atoms with Crippen molar-refractivity contribution in [1.82, 2.24) is 15.2 Å². The van der Waals surface area contributed by atoms with Crippen molar-refractivity contribution in [2.24, 2.45) is 0 Å². The van der Waals surface area contributed by atoms with Crippen molar-refractivity contribution in [2.45, 2.75) is 45.7 Å². The molecule has 1 aromatic rings. The summed E-state index contributed by atoms with van der Waals surface area (Å²) < 4.78 is 0. The Bertz CT molecular complexity index is 285. The van der Waals surface area contributed by atoms with Crippen molar-refractivity contribution in [2.75, 3.05) is 20.1 Å². The van der Waals surface area contributed by atoms with Crippen LogP contribution in [0.1, 0.15) is 45.3 Å². The third-order valence-electron chi connectivity index (χ3n) is 3.16. The van der Waals surface area contributed by atoms with E-state index in [0.717, 1.165) is 12.2 Å². The Hall–Kier alpha value is -0.450. The average molecular weight is 255 g/mol. The summed E-state index contributed by atoms with van der Waals surface area (Å²) in [7, 11) is 2.19. The highest BCUT2D eigenvalue weighted by molar-refractivity contribution is 7.07. The van der Waals surface area contributed by atoms with E-state index >= 15 is 0 Å². The van der Waals surface area contributed by atoms with Crippen LogP contribution in [0, 0.1) is 0 Å². The quantitative estimate of drug-likeness (QED) is 0.724. The molecule has 0 aromatic carbocycles. The molecule has 1 heterocycles. The fourth-order valence-electron chi connectivity index (χ4n) is 1.60. The van der Waals surface area contributed by atoms with Gasteiger partial charge in [-0.25, -0.2) is 4.98 Å². The second kappa shape index (κ2) is 7.80. The third kappa shape index (κ3) is 5.61. The van der Waals surface area contributed by atoms with E-state index in [1.54, 1.807) is 11.3 Å². The molecule has 1 N–H and O–H groups in total. The minimum absolute atomic E-state index is 0.379. The second-order valence-electron chi connectivity index (χ2n) is 4.87. The number of aromatic nitrogens is 1. The van der Waals surface area contributed by atoms with Gasteiger partial charge >= 0.3 is 0 Å². The first kappa shape index (κ1) is 14.6. The maximum atomic E-state index is 4.31. The van der Waals surface area contributed by atoms with Gasteiger partial charge in [-0.2, -0.15) is 0 Å². The summed E-state index contributed by atoms with van der Waals surface area (Å²) in [4.78, 5) is 6.71. The molecule has 0 aliphatic heterocycles. The number of nitrogens with zero attached hydrogens (tertiary/aromatic N) is 2. The van der Waals surface area contributed by atoms with Crippen LogP contribution in [0.5, 0.6) is 0 Å². The van der Waals surface area contributed by atoms with Crippen molar-refractivity contribution in [3.8, 4) is 0 Å². The van der Waals surface area contributed by atoms with Crippen molar-refractivity contribution in [3.63, 3.8) is 0 Å². The van der Waals surface area contributed by atoms with Crippen molar-refractivity contribution in [1.29, 1.82) is 0 Å². The SMILES string of the molecule is CC(NCCCCN(C)C(C)C)c1cscn1. The predicted molar refractivity (Wildman–Crippen MR) is 75.5 cm³/mol. The van der Waals surface area contributed by atoms with Crippen molar-refractivity contribution >= 4 is 11.3 Å². The predicted octanol–water partition coefficient (Wildman–Crippen LogP) is 2.91. The summed E-state index contributed by atoms with van der Waals surface area (Å²) in [5.41, 5.74) is 3.06. The van der Waals surface area contributed by atoms with E-state index in [0.29, 0.717) is 12.1 Å². The minimum Gasteiger partial charge on any atom is -0.309 e. The van der Waals surface area contributed by atoms with Crippen molar-refractivity contribution in [3.05, 3.63) is 16.6 Å². The van der Waals surface area contributed by atoms with Crippen LogP contribution >= 0.6 is 11.3 Å². The van der Waals surface area contributed by atoms with Gasteiger partial charge in [-0.3, -0.25) is 0 Å². The van der Waals surface area contributed by atoms with Gasteiger partial charge in [0.25, 0.3) is 0 Å². The molecule has 4 heteroatoms. The number of rotatable bonds is 8. The lowest BCUT2D eigenvalue weighted by Crippen LogP contribution is -2.28. The molecule has 17 heavy (non-hydrogen) atoms. The second-order valence-corrected chi connectivity index (χ2v) is 5.59. The first-order valence-electron chi connectivity index (χ1n) is 6.43. The van der Waals surface area contributed by atoms with Crippen LogP contribution < -0.4 is 5.32 Å². The van der Waals surface area contributed by atoms with Gasteiger partial charge in [0.1, 0.15) is 0 Å². The highest BCUT2D eigenvalue weighted by Gasteiger charge is 2.06. The number of unbranched alkanes of at least 4 members (excludes halogenated alkanes) is 1. The van der Waals surface area contributed by atoms with E-state index in [4.69, 9.17) is 0 Å². The van der Waals surface area contributed by atoms with Crippen LogP contribution in [0.15, 0.2) is 10.9 Å². The molecule has 1 rings (SSSR count). The zero-order chi connectivity index (χ0) is 12.7. The highest BCUT2D eigenvalue weighted by Crippen LogP contribution is 2.11. The lowest BCUT2D eigenvalue weighted by molar-refractivity contribution is 0.267. The van der Waals surface area contributed by atoms with Crippen LogP contribution in [0.3, 0.4) is 0 Å². The smallest absolute Gasteiger partial charge is 0.0795 e. The van der Waals surface area contributed by atoms with Crippen LogP contribution in [-0.4, -0.2) is 36.1 Å². The molecule has 0 fully saturated rings. The van der Waals surface area contributed by atoms with E-state index in [-0.39, 0.29) is 0 Å². The average Bonchev–Trinajstić information content (AvgIpc) is 2.81. The Morgan fingerprint density at radius 2 is 2.12 bits per heavy atom. The van der Waals surface area contributed by atoms with Crippen LogP contribution in [0.2, 0.25) is 0 Å². The lowest BCUT2D eigenvalue weighted by atomic mass is 10.2. The zero-order valence-electron chi connectivity index (χ0n) is 11.4. The maximum Gasteiger partial charge on any atom is 0.0795 e. The molecule has 1 unspecified atom stereocenters. The van der Waals surface area contributed by atoms with E-state index in [1.165, 1.54) is 19.4 Å². The molecule has 0 saturated heterocycles. The number of nitrogens with one attached hydrogen (secondary N) is 1. The topological polar surface area (TPSA) is 28.2 Å². The van der Waals surface area contributed by atoms with E-state index in [9.17, 15) is 0 Å². The first-order chi connectivity index (χ1) is 8.11. The van der Waals surface area contributed by atoms with Gasteiger partial charge in [0.15, 0.2) is 0 Å². The largest absolute Gasteiger partial charge is 0.309 e. The minimum atomic E-state index is 0.379. The third-order valence-corrected chi connectivity index (χ3v) is 3.77. The monoisotopic (exact) mass is 255 g/mol. The molecule has 0 aliphatic carbocycles. The molecule has 1 aromatic heterocycles. The molecule has 0 bridgehead atoms. The fraction of sp³-hybridized carbons (Fsp3) is 0.769. The standard InChI is InChI=1S/C13H25N3S/c1-11(2)16(4)8-6-5-7-14-12(3)13-9-17-10-15-13/h9-12,14H,5-8H2,1-4H3. The fourth-order valence-corrected chi connectivity index (χ4v) is 2.25. The van der Waals surface area contributed by atoms with Gasteiger partial charge in [-0.05, 0) is 53.8 Å². The van der Waals surface area contributed by atoms with Gasteiger partial charge in [-0.15, -0.1) is 11.3 Å². The Morgan fingerprint density at radius 3 is 2.71 bits per heavy atom. The van der Waals surface area contributed by atoms with E-state index in [1.807, 2.05) is 5.51 Å². The summed E-state index contributed by atoms with van der Waals surface area (Å²) in [5, 5.41) is 5.63. The molecular formula is C13H25N3S. The molecule has 3 nitrogen and oxygen atoms in total. The Kier molecular flexibility index (Phi) is 6.70. The van der Waals surface area contributed by atoms with Gasteiger partial charge in [0.2, 0.25) is 0 Å². The molecule has 98 valence electrons. The normalized spacial score (nSPS) is 13.5. The summed E-state index contributed by atoms with van der Waals surface area (Å²) in [6, 6.07) is 1.03. The Labute approximate surface area is 109 Å². The summed E-state index contributed by atoms with van der Waals surface area (Å²) in [6.07, 6.45) is 2.48. The molecule has 1 atom stereocenters. The number of hydrogen-bond donors (Lipinski definition) is 1. The first-order valence-corrected chi connectivity index (χ1v) is 7.37. The van der Waals surface area contributed by atoms with Crippen molar-refractivity contribution < 1.29 is 0 Å². The van der Waals surface area contributed by atoms with E-state index < -0.39 is 0 Å². The van der Waals surface area contributed by atoms with Crippen LogP contribution in [0.4, 0.5) is 0 Å². The van der Waals surface area contributed by atoms with Gasteiger partial charge in [0, 0.05) is 17.5 Å². The lowest BCUT2D eigenvalue weighted by Gasteiger charge is -2.20. The molecule has 0 aliphatic rings. The van der Waals surface area contributed by atoms with Crippen LogP contribution in [0.25, 0.3) is 0 Å². The summed E-state index contributed by atoms with van der Waals surface area (Å²) in [5.74, 6) is 0. The maximum absolute atomic E-state index is 4.31. The summed E-state index contributed by atoms with van der Waals surface area (Å²) in [6.45, 7) is 8.91. The Morgan fingerprint density at radius 1 is 1.35 bits per heavy atom. The highest BCUT2D eigenvalue weighted by atomic mass is 32.1.